The summed E-state index contributed by atoms with van der Waals surface area (Å²) in [6, 6.07) is 4.13. The number of imide groups is 1. The lowest BCUT2D eigenvalue weighted by Gasteiger charge is -2.31. The van der Waals surface area contributed by atoms with Gasteiger partial charge in [0.15, 0.2) is 0 Å². The highest BCUT2D eigenvalue weighted by molar-refractivity contribution is 6.24. The van der Waals surface area contributed by atoms with E-state index in [2.05, 4.69) is 0 Å². The Morgan fingerprint density at radius 1 is 1.04 bits per heavy atom. The lowest BCUT2D eigenvalue weighted by atomic mass is 10.0. The highest BCUT2D eigenvalue weighted by Gasteiger charge is 2.51. The Hall–Kier alpha value is -2.41. The number of hydrogen-bond acceptors (Lipinski definition) is 4. The van der Waals surface area contributed by atoms with Crippen LogP contribution in [0.1, 0.15) is 46.4 Å². The minimum Gasteiger partial charge on any atom is -0.480 e. The molecule has 3 aliphatic rings. The van der Waals surface area contributed by atoms with Gasteiger partial charge in [0.25, 0.3) is 11.8 Å². The summed E-state index contributed by atoms with van der Waals surface area (Å²) in [5.74, 6) is -2.64. The number of alkyl halides is 1. The number of amides is 3. The number of benzene rings is 1. The fourth-order valence-electron chi connectivity index (χ4n) is 4.30. The van der Waals surface area contributed by atoms with E-state index in [0.717, 1.165) is 4.90 Å². The third kappa shape index (κ3) is 2.41. The van der Waals surface area contributed by atoms with Gasteiger partial charge >= 0.3 is 5.97 Å². The van der Waals surface area contributed by atoms with Crippen LogP contribution in [0.5, 0.6) is 0 Å². The zero-order valence-electron chi connectivity index (χ0n) is 13.8. The van der Waals surface area contributed by atoms with E-state index in [1.54, 1.807) is 24.3 Å². The largest absolute Gasteiger partial charge is 0.480 e. The fourth-order valence-corrected chi connectivity index (χ4v) is 4.68. The molecule has 0 aliphatic carbocycles. The Morgan fingerprint density at radius 3 is 2.23 bits per heavy atom. The normalized spacial score (nSPS) is 31.0. The third-order valence-electron chi connectivity index (χ3n) is 5.47. The van der Waals surface area contributed by atoms with E-state index in [9.17, 15) is 24.3 Å². The van der Waals surface area contributed by atoms with E-state index in [0.29, 0.717) is 19.3 Å². The summed E-state index contributed by atoms with van der Waals surface area (Å²) in [6.07, 6.45) is 1.49. The molecule has 0 bridgehead atoms. The van der Waals surface area contributed by atoms with Gasteiger partial charge < -0.3 is 10.0 Å². The number of rotatable bonds is 2. The van der Waals surface area contributed by atoms with Gasteiger partial charge in [0.05, 0.1) is 11.1 Å². The van der Waals surface area contributed by atoms with Crippen LogP contribution in [0.25, 0.3) is 0 Å². The number of hydrogen-bond donors (Lipinski definition) is 1. The van der Waals surface area contributed by atoms with Gasteiger partial charge in [-0.3, -0.25) is 19.3 Å². The van der Waals surface area contributed by atoms with Crippen LogP contribution in [-0.2, 0) is 9.59 Å². The number of fused-ring (bicyclic) bond motifs is 2. The van der Waals surface area contributed by atoms with E-state index in [4.69, 9.17) is 11.6 Å². The quantitative estimate of drug-likeness (QED) is 0.623. The summed E-state index contributed by atoms with van der Waals surface area (Å²) in [7, 11) is 0. The van der Waals surface area contributed by atoms with Crippen LogP contribution in [-0.4, -0.2) is 62.1 Å². The lowest BCUT2D eigenvalue weighted by Crippen LogP contribution is -2.54. The molecule has 1 N–H and O–H groups in total. The monoisotopic (exact) mass is 376 g/mol. The summed E-state index contributed by atoms with van der Waals surface area (Å²) in [5, 5.41) is 9.03. The van der Waals surface area contributed by atoms with Crippen LogP contribution in [0.3, 0.4) is 0 Å². The second kappa shape index (κ2) is 6.09. The van der Waals surface area contributed by atoms with Gasteiger partial charge in [0, 0.05) is 11.4 Å². The maximum Gasteiger partial charge on any atom is 0.326 e. The molecular formula is C18H17ClN2O5. The van der Waals surface area contributed by atoms with E-state index in [1.165, 1.54) is 4.90 Å². The third-order valence-corrected chi connectivity index (χ3v) is 5.83. The standard InChI is InChI=1S/C18H17ClN2O5/c19-9-7-10-5-6-13(18(25)26)20(10)17(24)14(8-9)21-15(22)11-3-1-2-4-12(11)16(21)23/h1-4,9-10,13-14H,5-8H2,(H,25,26)/t9?,10?,13-,14?/m0/s1. The molecule has 3 aliphatic heterocycles. The molecule has 2 saturated heterocycles. The second-order valence-corrected chi connectivity index (χ2v) is 7.56. The number of carbonyl (C=O) groups excluding carboxylic acids is 3. The molecule has 7 nitrogen and oxygen atoms in total. The summed E-state index contributed by atoms with van der Waals surface area (Å²) in [5.41, 5.74) is 0.516. The van der Waals surface area contributed by atoms with Crippen LogP contribution >= 0.6 is 11.6 Å². The van der Waals surface area contributed by atoms with Gasteiger partial charge in [0.2, 0.25) is 5.91 Å². The summed E-state index contributed by atoms with van der Waals surface area (Å²) < 4.78 is 0. The van der Waals surface area contributed by atoms with Gasteiger partial charge in [-0.15, -0.1) is 11.6 Å². The van der Waals surface area contributed by atoms with Crippen molar-refractivity contribution in [2.75, 3.05) is 0 Å². The molecule has 0 radical (unpaired) electrons. The maximum atomic E-state index is 13.2. The predicted molar refractivity (Wildman–Crippen MR) is 90.9 cm³/mol. The van der Waals surface area contributed by atoms with Crippen LogP contribution < -0.4 is 0 Å². The smallest absolute Gasteiger partial charge is 0.326 e. The minimum absolute atomic E-state index is 0.130. The second-order valence-electron chi connectivity index (χ2n) is 6.94. The van der Waals surface area contributed by atoms with Crippen molar-refractivity contribution in [3.63, 3.8) is 0 Å². The molecule has 136 valence electrons. The van der Waals surface area contributed by atoms with Crippen molar-refractivity contribution in [1.29, 1.82) is 0 Å². The van der Waals surface area contributed by atoms with Gasteiger partial charge in [-0.25, -0.2) is 4.79 Å². The molecule has 8 heteroatoms. The van der Waals surface area contributed by atoms with Gasteiger partial charge in [-0.1, -0.05) is 12.1 Å². The zero-order chi connectivity index (χ0) is 18.6. The number of carboxylic acids is 1. The number of aliphatic carboxylic acids is 1. The first-order chi connectivity index (χ1) is 12.4. The molecule has 26 heavy (non-hydrogen) atoms. The molecule has 4 rings (SSSR count). The van der Waals surface area contributed by atoms with E-state index < -0.39 is 41.2 Å². The molecule has 3 heterocycles. The molecule has 1 aromatic rings. The van der Waals surface area contributed by atoms with Crippen molar-refractivity contribution in [1.82, 2.24) is 9.80 Å². The first-order valence-electron chi connectivity index (χ1n) is 8.56. The molecule has 0 spiro atoms. The van der Waals surface area contributed by atoms with Crippen molar-refractivity contribution in [3.05, 3.63) is 35.4 Å². The first-order valence-corrected chi connectivity index (χ1v) is 8.99. The van der Waals surface area contributed by atoms with Crippen LogP contribution in [0.2, 0.25) is 0 Å². The van der Waals surface area contributed by atoms with Crippen LogP contribution in [0.15, 0.2) is 24.3 Å². The molecular weight excluding hydrogens is 360 g/mol. The zero-order valence-corrected chi connectivity index (χ0v) is 14.6. The van der Waals surface area contributed by atoms with Gasteiger partial charge in [-0.05, 0) is 37.8 Å². The van der Waals surface area contributed by atoms with Crippen LogP contribution in [0.4, 0.5) is 0 Å². The highest BCUT2D eigenvalue weighted by Crippen LogP contribution is 2.37. The Labute approximate surface area is 154 Å². The number of carboxylic acid groups (broad SMARTS) is 1. The van der Waals surface area contributed by atoms with Crippen molar-refractivity contribution < 1.29 is 24.3 Å². The van der Waals surface area contributed by atoms with Crippen molar-refractivity contribution in [2.24, 2.45) is 0 Å². The molecule has 1 aromatic carbocycles. The average Bonchev–Trinajstić information content (AvgIpc) is 3.09. The molecule has 2 fully saturated rings. The summed E-state index contributed by atoms with van der Waals surface area (Å²) in [6.45, 7) is 0. The predicted octanol–water partition coefficient (Wildman–Crippen LogP) is 1.50. The van der Waals surface area contributed by atoms with E-state index >= 15 is 0 Å². The molecule has 3 amide bonds. The number of carbonyl (C=O) groups is 4. The first kappa shape index (κ1) is 17.0. The van der Waals surface area contributed by atoms with Crippen molar-refractivity contribution in [3.8, 4) is 0 Å². The van der Waals surface area contributed by atoms with Crippen molar-refractivity contribution in [2.45, 2.75) is 49.2 Å². The Kier molecular flexibility index (Phi) is 3.99. The number of halogens is 1. The minimum atomic E-state index is -1.07. The van der Waals surface area contributed by atoms with Crippen LogP contribution in [0, 0.1) is 0 Å². The topological polar surface area (TPSA) is 95.0 Å². The SMILES string of the molecule is O=C(O)[C@@H]1CCC2CC(Cl)CC(N3C(=O)c4ccccc4C3=O)C(=O)N21. The fraction of sp³-hybridized carbons (Fsp3) is 0.444. The average molecular weight is 377 g/mol. The maximum absolute atomic E-state index is 13.2. The highest BCUT2D eigenvalue weighted by atomic mass is 35.5. The lowest BCUT2D eigenvalue weighted by molar-refractivity contribution is -0.150. The molecule has 0 saturated carbocycles. The van der Waals surface area contributed by atoms with Gasteiger partial charge in [-0.2, -0.15) is 0 Å². The van der Waals surface area contributed by atoms with Gasteiger partial charge in [0.1, 0.15) is 12.1 Å². The molecule has 3 unspecified atom stereocenters. The van der Waals surface area contributed by atoms with Crippen molar-refractivity contribution >= 4 is 35.3 Å². The molecule has 0 aromatic heterocycles. The Balaban J connectivity index is 1.72. The number of nitrogens with zero attached hydrogens (tertiary/aromatic N) is 2. The Bertz CT molecular complexity index is 791. The van der Waals surface area contributed by atoms with E-state index in [1.807, 2.05) is 0 Å². The van der Waals surface area contributed by atoms with E-state index in [-0.39, 0.29) is 23.6 Å². The molecule has 4 atom stereocenters. The summed E-state index contributed by atoms with van der Waals surface area (Å²) >= 11 is 6.38. The summed E-state index contributed by atoms with van der Waals surface area (Å²) in [4.78, 5) is 52.5. The Morgan fingerprint density at radius 2 is 1.65 bits per heavy atom.